The lowest BCUT2D eigenvalue weighted by Gasteiger charge is -2.13. The van der Waals surface area contributed by atoms with Crippen LogP contribution in [0.4, 0.5) is 0 Å². The van der Waals surface area contributed by atoms with Crippen molar-refractivity contribution in [1.29, 1.82) is 0 Å². The summed E-state index contributed by atoms with van der Waals surface area (Å²) in [5.41, 5.74) is 14.2. The summed E-state index contributed by atoms with van der Waals surface area (Å²) >= 11 is 0. The Morgan fingerprint density at radius 3 is 1.65 bits per heavy atom. The molecule has 55 heavy (non-hydrogen) atoms. The third kappa shape index (κ3) is 6.20. The largest absolute Gasteiger partial charge is 0.251 e. The van der Waals surface area contributed by atoms with Crippen LogP contribution in [0.5, 0.6) is 0 Å². The van der Waals surface area contributed by atoms with E-state index in [9.17, 15) is 0 Å². The first-order valence-corrected chi connectivity index (χ1v) is 18.5. The van der Waals surface area contributed by atoms with Crippen LogP contribution in [-0.4, -0.2) is 19.9 Å². The number of fused-ring (bicyclic) bond motifs is 4. The predicted octanol–water partition coefficient (Wildman–Crippen LogP) is 13.0. The molecule has 0 atom stereocenters. The lowest BCUT2D eigenvalue weighted by molar-refractivity contribution is 1.18. The van der Waals surface area contributed by atoms with E-state index >= 15 is 0 Å². The average molecular weight is 703 g/mol. The minimum atomic E-state index is 0.696. The van der Waals surface area contributed by atoms with Gasteiger partial charge < -0.3 is 0 Å². The Kier molecular flexibility index (Phi) is 8.00. The van der Waals surface area contributed by atoms with Gasteiger partial charge in [-0.25, -0.2) is 15.0 Å². The maximum Gasteiger partial charge on any atom is 0.160 e. The van der Waals surface area contributed by atoms with Gasteiger partial charge in [0.1, 0.15) is 0 Å². The van der Waals surface area contributed by atoms with Gasteiger partial charge in [0.2, 0.25) is 0 Å². The van der Waals surface area contributed by atoms with Crippen LogP contribution in [0.25, 0.3) is 100.0 Å². The van der Waals surface area contributed by atoms with E-state index in [0.29, 0.717) is 5.82 Å². The molecular weight excluding hydrogens is 669 g/mol. The summed E-state index contributed by atoms with van der Waals surface area (Å²) < 4.78 is 0. The Labute approximate surface area is 319 Å². The van der Waals surface area contributed by atoms with E-state index in [1.54, 1.807) is 0 Å². The molecule has 0 fully saturated rings. The molecule has 7 aromatic carbocycles. The van der Waals surface area contributed by atoms with Gasteiger partial charge in [0.25, 0.3) is 0 Å². The second-order valence-corrected chi connectivity index (χ2v) is 14.0. The first kappa shape index (κ1) is 32.4. The Hall–Kier alpha value is -7.30. The summed E-state index contributed by atoms with van der Waals surface area (Å²) in [4.78, 5) is 20.4. The van der Waals surface area contributed by atoms with Crippen molar-refractivity contribution in [3.8, 4) is 67.4 Å². The monoisotopic (exact) mass is 702 g/mol. The van der Waals surface area contributed by atoms with Crippen molar-refractivity contribution in [2.45, 2.75) is 6.92 Å². The van der Waals surface area contributed by atoms with E-state index in [1.165, 1.54) is 10.8 Å². The highest BCUT2D eigenvalue weighted by Gasteiger charge is 2.14. The van der Waals surface area contributed by atoms with Crippen molar-refractivity contribution in [1.82, 2.24) is 19.9 Å². The summed E-state index contributed by atoms with van der Waals surface area (Å²) in [6, 6.07) is 65.7. The normalized spacial score (nSPS) is 11.4. The second kappa shape index (κ2) is 13.6. The molecule has 0 unspecified atom stereocenters. The highest BCUT2D eigenvalue weighted by Crippen LogP contribution is 2.36. The predicted molar refractivity (Wildman–Crippen MR) is 227 cm³/mol. The fourth-order valence-electron chi connectivity index (χ4n) is 7.52. The minimum Gasteiger partial charge on any atom is -0.251 e. The van der Waals surface area contributed by atoms with Crippen molar-refractivity contribution >= 4 is 32.6 Å². The lowest BCUT2D eigenvalue weighted by Crippen LogP contribution is -1.96. The molecule has 0 bridgehead atoms. The van der Waals surface area contributed by atoms with E-state index in [-0.39, 0.29) is 0 Å². The number of aromatic nitrogens is 4. The van der Waals surface area contributed by atoms with E-state index in [0.717, 1.165) is 89.1 Å². The van der Waals surface area contributed by atoms with Crippen LogP contribution in [0.2, 0.25) is 0 Å². The molecule has 3 aromatic heterocycles. The first-order valence-electron chi connectivity index (χ1n) is 18.5. The summed E-state index contributed by atoms with van der Waals surface area (Å²) in [6.07, 6.45) is 0. The van der Waals surface area contributed by atoms with Crippen LogP contribution in [0.15, 0.2) is 188 Å². The van der Waals surface area contributed by atoms with Gasteiger partial charge in [-0.15, -0.1) is 0 Å². The van der Waals surface area contributed by atoms with E-state index in [2.05, 4.69) is 159 Å². The maximum atomic E-state index is 5.22. The molecule has 4 nitrogen and oxygen atoms in total. The van der Waals surface area contributed by atoms with Crippen LogP contribution >= 0.6 is 0 Å². The van der Waals surface area contributed by atoms with E-state index in [4.69, 9.17) is 19.9 Å². The Morgan fingerprint density at radius 1 is 0.309 bits per heavy atom. The van der Waals surface area contributed by atoms with Crippen molar-refractivity contribution in [3.63, 3.8) is 0 Å². The molecule has 10 aromatic rings. The van der Waals surface area contributed by atoms with Gasteiger partial charge in [0, 0.05) is 38.7 Å². The highest BCUT2D eigenvalue weighted by atomic mass is 14.9. The summed E-state index contributed by atoms with van der Waals surface area (Å²) in [5, 5.41) is 4.58. The smallest absolute Gasteiger partial charge is 0.160 e. The van der Waals surface area contributed by atoms with Gasteiger partial charge in [0.15, 0.2) is 5.82 Å². The lowest BCUT2D eigenvalue weighted by atomic mass is 9.96. The molecule has 0 aliphatic rings. The molecule has 0 N–H and O–H groups in total. The van der Waals surface area contributed by atoms with Gasteiger partial charge >= 0.3 is 0 Å². The summed E-state index contributed by atoms with van der Waals surface area (Å²) in [5.74, 6) is 0.696. The van der Waals surface area contributed by atoms with Gasteiger partial charge in [0.05, 0.1) is 28.1 Å². The molecule has 0 radical (unpaired) electrons. The fourth-order valence-corrected chi connectivity index (χ4v) is 7.52. The molecule has 4 heteroatoms. The quantitative estimate of drug-likeness (QED) is 0.162. The van der Waals surface area contributed by atoms with Crippen molar-refractivity contribution < 1.29 is 0 Å². The van der Waals surface area contributed by atoms with Gasteiger partial charge in [-0.05, 0) is 70.3 Å². The Morgan fingerprint density at radius 2 is 0.909 bits per heavy atom. The number of hydrogen-bond acceptors (Lipinski definition) is 4. The number of aryl methyl sites for hydroxylation is 1. The Bertz CT molecular complexity index is 2970. The molecular formula is C51H34N4. The van der Waals surface area contributed by atoms with Crippen LogP contribution in [0.1, 0.15) is 5.69 Å². The molecule has 0 aliphatic carbocycles. The number of rotatable bonds is 6. The van der Waals surface area contributed by atoms with Crippen LogP contribution in [0.3, 0.4) is 0 Å². The van der Waals surface area contributed by atoms with E-state index in [1.807, 2.05) is 36.4 Å². The SMILES string of the molecule is Cc1cc(-c2ccc(-c3cccc(-c4nc(-c5ccccc5)cc(-c5ccccc5)n4)c3)cc2)c2ccc3ccc(-c4ccc5ccccc5c4)nc3c2n1. The summed E-state index contributed by atoms with van der Waals surface area (Å²) in [7, 11) is 0. The molecule has 0 spiro atoms. The van der Waals surface area contributed by atoms with Crippen LogP contribution in [-0.2, 0) is 0 Å². The zero-order chi connectivity index (χ0) is 36.7. The number of hydrogen-bond donors (Lipinski definition) is 0. The fraction of sp³-hybridized carbons (Fsp3) is 0.0196. The summed E-state index contributed by atoms with van der Waals surface area (Å²) in [6.45, 7) is 2.06. The molecule has 258 valence electrons. The second-order valence-electron chi connectivity index (χ2n) is 14.0. The highest BCUT2D eigenvalue weighted by molar-refractivity contribution is 6.09. The molecule has 0 saturated heterocycles. The van der Waals surface area contributed by atoms with Crippen molar-refractivity contribution in [2.24, 2.45) is 0 Å². The number of pyridine rings is 2. The maximum absolute atomic E-state index is 5.22. The number of benzene rings is 7. The van der Waals surface area contributed by atoms with Crippen LogP contribution < -0.4 is 0 Å². The molecule has 0 amide bonds. The van der Waals surface area contributed by atoms with Crippen molar-refractivity contribution in [3.05, 3.63) is 194 Å². The first-order chi connectivity index (χ1) is 27.1. The topological polar surface area (TPSA) is 51.6 Å². The average Bonchev–Trinajstić information content (AvgIpc) is 3.26. The Balaban J connectivity index is 1.01. The van der Waals surface area contributed by atoms with Crippen LogP contribution in [0, 0.1) is 6.92 Å². The van der Waals surface area contributed by atoms with Gasteiger partial charge in [-0.1, -0.05) is 158 Å². The zero-order valence-corrected chi connectivity index (χ0v) is 30.2. The van der Waals surface area contributed by atoms with E-state index < -0.39 is 0 Å². The third-order valence-corrected chi connectivity index (χ3v) is 10.3. The molecule has 0 aliphatic heterocycles. The third-order valence-electron chi connectivity index (χ3n) is 10.3. The zero-order valence-electron chi connectivity index (χ0n) is 30.2. The molecule has 0 saturated carbocycles. The minimum absolute atomic E-state index is 0.696. The van der Waals surface area contributed by atoms with Crippen molar-refractivity contribution in [2.75, 3.05) is 0 Å². The van der Waals surface area contributed by atoms with Gasteiger partial charge in [-0.3, -0.25) is 4.98 Å². The standard InChI is InChI=1S/C51H34N4/c1-33-29-45(44-27-25-39-26-28-46(53-49(39)50(44)52-33)42-24-21-34-11-8-9-16-40(34)30-42)36-22-19-35(20-23-36)41-17-10-18-43(31-41)51-54-47(37-12-4-2-5-13-37)32-48(55-51)38-14-6-3-7-15-38/h2-32H,1H3. The van der Waals surface area contributed by atoms with Gasteiger partial charge in [-0.2, -0.15) is 0 Å². The molecule has 3 heterocycles. The molecule has 10 rings (SSSR count). The number of nitrogens with zero attached hydrogens (tertiary/aromatic N) is 4.